The number of hydrogen-bond donors (Lipinski definition) is 2. The number of carboxylic acid groups (broad SMARTS) is 1. The van der Waals surface area contributed by atoms with Gasteiger partial charge in [0.25, 0.3) is 5.56 Å². The summed E-state index contributed by atoms with van der Waals surface area (Å²) in [4.78, 5) is 34.3. The molecule has 1 aromatic carbocycles. The molecule has 1 aromatic heterocycles. The molecule has 0 bridgehead atoms. The van der Waals surface area contributed by atoms with E-state index in [2.05, 4.69) is 18.8 Å². The summed E-state index contributed by atoms with van der Waals surface area (Å²) in [7, 11) is 0. The van der Waals surface area contributed by atoms with Crippen LogP contribution >= 0.6 is 0 Å². The average Bonchev–Trinajstić information content (AvgIpc) is 3.07. The quantitative estimate of drug-likeness (QED) is 0.852. The van der Waals surface area contributed by atoms with Gasteiger partial charge in [-0.05, 0) is 43.1 Å². The summed E-state index contributed by atoms with van der Waals surface area (Å²) < 4.78 is 0. The number of nitrogens with zero attached hydrogens (tertiary/aromatic N) is 2. The van der Waals surface area contributed by atoms with Crippen LogP contribution in [0.4, 0.5) is 4.79 Å². The first kappa shape index (κ1) is 18.7. The number of nitrogens with one attached hydrogen (secondary N) is 1. The van der Waals surface area contributed by atoms with E-state index in [4.69, 9.17) is 4.98 Å². The van der Waals surface area contributed by atoms with Crippen LogP contribution in [0.3, 0.4) is 0 Å². The lowest BCUT2D eigenvalue weighted by Crippen LogP contribution is -2.48. The summed E-state index contributed by atoms with van der Waals surface area (Å²) in [5.41, 5.74) is 1.78. The molecule has 6 heteroatoms. The van der Waals surface area contributed by atoms with Crippen molar-refractivity contribution in [2.75, 3.05) is 6.54 Å². The number of fused-ring (bicyclic) bond motifs is 1. The lowest BCUT2D eigenvalue weighted by molar-refractivity contribution is 0.0953. The fourth-order valence-electron chi connectivity index (χ4n) is 4.78. The number of aromatic nitrogens is 2. The van der Waals surface area contributed by atoms with Gasteiger partial charge in [0.2, 0.25) is 0 Å². The summed E-state index contributed by atoms with van der Waals surface area (Å²) in [6.45, 7) is 4.79. The van der Waals surface area contributed by atoms with Crippen LogP contribution in [0, 0.1) is 5.41 Å². The molecule has 2 N–H and O–H groups in total. The SMILES string of the molecule is CC1(C)CCc2nc([C@]3(Cc4ccccc4)CCCN3C(=O)O)[nH]c(=O)c2C1. The monoisotopic (exact) mass is 381 g/mol. The van der Waals surface area contributed by atoms with Crippen LogP contribution < -0.4 is 5.56 Å². The van der Waals surface area contributed by atoms with Crippen molar-refractivity contribution in [3.63, 3.8) is 0 Å². The number of H-pyrrole nitrogens is 1. The van der Waals surface area contributed by atoms with E-state index in [1.165, 1.54) is 4.90 Å². The minimum atomic E-state index is -0.963. The minimum Gasteiger partial charge on any atom is -0.465 e. The van der Waals surface area contributed by atoms with Gasteiger partial charge in [-0.25, -0.2) is 9.78 Å². The molecule has 4 rings (SSSR count). The Balaban J connectivity index is 1.83. The molecule has 1 saturated heterocycles. The topological polar surface area (TPSA) is 86.3 Å². The van der Waals surface area contributed by atoms with Crippen LogP contribution in [0.15, 0.2) is 35.1 Å². The maximum absolute atomic E-state index is 12.9. The number of aryl methyl sites for hydroxylation is 1. The number of amides is 1. The van der Waals surface area contributed by atoms with Crippen LogP contribution in [-0.2, 0) is 24.8 Å². The highest BCUT2D eigenvalue weighted by molar-refractivity contribution is 5.67. The predicted molar refractivity (Wildman–Crippen MR) is 106 cm³/mol. The smallest absolute Gasteiger partial charge is 0.408 e. The highest BCUT2D eigenvalue weighted by Gasteiger charge is 2.48. The first-order chi connectivity index (χ1) is 13.3. The molecule has 2 aromatic rings. The summed E-state index contributed by atoms with van der Waals surface area (Å²) in [5.74, 6) is 0.500. The average molecular weight is 381 g/mol. The first-order valence-corrected chi connectivity index (χ1v) is 9.98. The largest absolute Gasteiger partial charge is 0.465 e. The van der Waals surface area contributed by atoms with E-state index in [0.717, 1.165) is 36.1 Å². The zero-order chi connectivity index (χ0) is 19.9. The van der Waals surface area contributed by atoms with Crippen LogP contribution in [-0.4, -0.2) is 32.6 Å². The number of benzene rings is 1. The minimum absolute atomic E-state index is 0.0887. The molecule has 0 unspecified atom stereocenters. The van der Waals surface area contributed by atoms with Gasteiger partial charge < -0.3 is 10.1 Å². The normalized spacial score (nSPS) is 23.4. The lowest BCUT2D eigenvalue weighted by Gasteiger charge is -2.37. The zero-order valence-electron chi connectivity index (χ0n) is 16.5. The van der Waals surface area contributed by atoms with Gasteiger partial charge in [-0.15, -0.1) is 0 Å². The molecular weight excluding hydrogens is 354 g/mol. The number of carbonyl (C=O) groups is 1. The third kappa shape index (κ3) is 3.21. The Bertz CT molecular complexity index is 951. The van der Waals surface area contributed by atoms with E-state index in [9.17, 15) is 14.7 Å². The Morgan fingerprint density at radius 3 is 2.71 bits per heavy atom. The van der Waals surface area contributed by atoms with E-state index in [-0.39, 0.29) is 11.0 Å². The molecule has 0 saturated carbocycles. The van der Waals surface area contributed by atoms with Crippen molar-refractivity contribution in [3.8, 4) is 0 Å². The molecule has 2 aliphatic rings. The van der Waals surface area contributed by atoms with E-state index in [0.29, 0.717) is 31.6 Å². The van der Waals surface area contributed by atoms with Crippen molar-refractivity contribution in [1.82, 2.24) is 14.9 Å². The molecule has 1 fully saturated rings. The number of aromatic amines is 1. The first-order valence-electron chi connectivity index (χ1n) is 9.98. The van der Waals surface area contributed by atoms with E-state index in [1.807, 2.05) is 30.3 Å². The van der Waals surface area contributed by atoms with Crippen LogP contribution in [0.5, 0.6) is 0 Å². The Labute approximate surface area is 164 Å². The molecule has 0 radical (unpaired) electrons. The van der Waals surface area contributed by atoms with Crippen LogP contribution in [0.25, 0.3) is 0 Å². The second-order valence-electron chi connectivity index (χ2n) is 8.91. The highest BCUT2D eigenvalue weighted by atomic mass is 16.4. The molecular formula is C22H27N3O3. The van der Waals surface area contributed by atoms with Crippen molar-refractivity contribution in [3.05, 3.63) is 63.3 Å². The Morgan fingerprint density at radius 1 is 1.25 bits per heavy atom. The van der Waals surface area contributed by atoms with Crippen molar-refractivity contribution in [2.24, 2.45) is 5.41 Å². The molecule has 0 spiro atoms. The second-order valence-corrected chi connectivity index (χ2v) is 8.91. The molecule has 6 nitrogen and oxygen atoms in total. The standard InChI is InChI=1S/C22H27N3O3/c1-21(2)11-9-17-16(14-21)18(26)24-19(23-17)22(10-6-12-25(22)20(27)28)13-15-7-4-3-5-8-15/h3-5,7-8H,6,9-14H2,1-2H3,(H,27,28)(H,23,24,26)/t22-/m1/s1. The Morgan fingerprint density at radius 2 is 2.00 bits per heavy atom. The molecule has 2 heterocycles. The molecule has 148 valence electrons. The van der Waals surface area contributed by atoms with Gasteiger partial charge in [-0.3, -0.25) is 9.69 Å². The molecule has 1 atom stereocenters. The maximum atomic E-state index is 12.9. The van der Waals surface area contributed by atoms with Gasteiger partial charge in [0.15, 0.2) is 0 Å². The van der Waals surface area contributed by atoms with Crippen molar-refractivity contribution in [1.29, 1.82) is 0 Å². The number of hydrogen-bond acceptors (Lipinski definition) is 3. The molecule has 1 aliphatic heterocycles. The predicted octanol–water partition coefficient (Wildman–Crippen LogP) is 3.50. The van der Waals surface area contributed by atoms with Gasteiger partial charge in [0.1, 0.15) is 11.4 Å². The Hall–Kier alpha value is -2.63. The van der Waals surface area contributed by atoms with Crippen molar-refractivity contribution >= 4 is 6.09 Å². The van der Waals surface area contributed by atoms with Crippen LogP contribution in [0.1, 0.15) is 55.8 Å². The summed E-state index contributed by atoms with van der Waals surface area (Å²) in [6, 6.07) is 9.85. The van der Waals surface area contributed by atoms with Gasteiger partial charge in [-0.2, -0.15) is 0 Å². The third-order valence-corrected chi connectivity index (χ3v) is 6.29. The fourth-order valence-corrected chi connectivity index (χ4v) is 4.78. The van der Waals surface area contributed by atoms with Gasteiger partial charge in [-0.1, -0.05) is 44.2 Å². The van der Waals surface area contributed by atoms with E-state index < -0.39 is 11.6 Å². The molecule has 28 heavy (non-hydrogen) atoms. The summed E-state index contributed by atoms with van der Waals surface area (Å²) in [6.07, 6.45) is 3.40. The summed E-state index contributed by atoms with van der Waals surface area (Å²) >= 11 is 0. The summed E-state index contributed by atoms with van der Waals surface area (Å²) in [5, 5.41) is 9.87. The van der Waals surface area contributed by atoms with Crippen molar-refractivity contribution < 1.29 is 9.90 Å². The number of rotatable bonds is 3. The lowest BCUT2D eigenvalue weighted by atomic mass is 9.76. The Kier molecular flexibility index (Phi) is 4.52. The highest BCUT2D eigenvalue weighted by Crippen LogP contribution is 2.41. The second kappa shape index (κ2) is 6.76. The third-order valence-electron chi connectivity index (χ3n) is 6.29. The van der Waals surface area contributed by atoms with Gasteiger partial charge in [0.05, 0.1) is 5.69 Å². The van der Waals surface area contributed by atoms with Gasteiger partial charge >= 0.3 is 6.09 Å². The fraction of sp³-hybridized carbons (Fsp3) is 0.500. The molecule has 1 aliphatic carbocycles. The maximum Gasteiger partial charge on any atom is 0.408 e. The molecule has 1 amide bonds. The van der Waals surface area contributed by atoms with E-state index in [1.54, 1.807) is 0 Å². The zero-order valence-corrected chi connectivity index (χ0v) is 16.5. The van der Waals surface area contributed by atoms with Gasteiger partial charge in [0, 0.05) is 18.5 Å². The van der Waals surface area contributed by atoms with Crippen LogP contribution in [0.2, 0.25) is 0 Å². The van der Waals surface area contributed by atoms with Crippen molar-refractivity contribution in [2.45, 2.75) is 57.9 Å². The number of likely N-dealkylation sites (tertiary alicyclic amines) is 1. The van der Waals surface area contributed by atoms with E-state index >= 15 is 0 Å².